The molecule has 1 N–H and O–H groups in total. The lowest BCUT2D eigenvalue weighted by molar-refractivity contribution is -0.137. The highest BCUT2D eigenvalue weighted by Crippen LogP contribution is 2.15. The van der Waals surface area contributed by atoms with Gasteiger partial charge in [0.2, 0.25) is 0 Å². The van der Waals surface area contributed by atoms with Crippen LogP contribution in [-0.2, 0) is 4.79 Å². The van der Waals surface area contributed by atoms with E-state index < -0.39 is 5.97 Å². The van der Waals surface area contributed by atoms with Crippen LogP contribution in [0.4, 0.5) is 0 Å². The van der Waals surface area contributed by atoms with Crippen molar-refractivity contribution in [3.05, 3.63) is 42.2 Å². The SMILES string of the molecule is O=C(O)CCCC(=O)c1ccccc1-n1nccn1. The summed E-state index contributed by atoms with van der Waals surface area (Å²) in [6.45, 7) is 0. The lowest BCUT2D eigenvalue weighted by atomic mass is 10.0. The van der Waals surface area contributed by atoms with E-state index in [1.165, 1.54) is 17.2 Å². The Balaban J connectivity index is 2.16. The third kappa shape index (κ3) is 3.25. The van der Waals surface area contributed by atoms with Gasteiger partial charge in [-0.15, -0.1) is 0 Å². The molecule has 19 heavy (non-hydrogen) atoms. The van der Waals surface area contributed by atoms with Crippen molar-refractivity contribution in [2.24, 2.45) is 0 Å². The van der Waals surface area contributed by atoms with Crippen molar-refractivity contribution in [2.45, 2.75) is 19.3 Å². The normalized spacial score (nSPS) is 10.3. The molecule has 0 fully saturated rings. The number of para-hydroxylation sites is 1. The van der Waals surface area contributed by atoms with Gasteiger partial charge in [0.15, 0.2) is 5.78 Å². The van der Waals surface area contributed by atoms with Gasteiger partial charge in [-0.25, -0.2) is 0 Å². The van der Waals surface area contributed by atoms with Gasteiger partial charge >= 0.3 is 5.97 Å². The van der Waals surface area contributed by atoms with Gasteiger partial charge in [-0.1, -0.05) is 12.1 Å². The molecule has 0 amide bonds. The smallest absolute Gasteiger partial charge is 0.303 e. The number of aliphatic carboxylic acids is 1. The quantitative estimate of drug-likeness (QED) is 0.798. The summed E-state index contributed by atoms with van der Waals surface area (Å²) in [4.78, 5) is 23.9. The Morgan fingerprint density at radius 3 is 2.47 bits per heavy atom. The van der Waals surface area contributed by atoms with Crippen LogP contribution >= 0.6 is 0 Å². The van der Waals surface area contributed by atoms with E-state index in [2.05, 4.69) is 10.2 Å². The number of hydrogen-bond acceptors (Lipinski definition) is 4. The second-order valence-corrected chi connectivity index (χ2v) is 4.01. The summed E-state index contributed by atoms with van der Waals surface area (Å²) in [5, 5.41) is 16.6. The zero-order valence-electron chi connectivity index (χ0n) is 10.2. The number of carboxylic acids is 1. The van der Waals surface area contributed by atoms with E-state index in [-0.39, 0.29) is 18.6 Å². The summed E-state index contributed by atoms with van der Waals surface area (Å²) in [7, 11) is 0. The number of Topliss-reactive ketones (excluding diaryl/α,β-unsaturated/α-hetero) is 1. The highest BCUT2D eigenvalue weighted by Gasteiger charge is 2.13. The fourth-order valence-corrected chi connectivity index (χ4v) is 1.76. The standard InChI is InChI=1S/C13H13N3O3/c17-12(6-3-7-13(18)19)10-4-1-2-5-11(10)16-14-8-9-15-16/h1-2,4-5,8-9H,3,6-7H2,(H,18,19). The van der Waals surface area contributed by atoms with Crippen LogP contribution in [0.3, 0.4) is 0 Å². The number of carbonyl (C=O) groups excluding carboxylic acids is 1. The maximum absolute atomic E-state index is 12.1. The molecular weight excluding hydrogens is 246 g/mol. The highest BCUT2D eigenvalue weighted by molar-refractivity contribution is 5.99. The van der Waals surface area contributed by atoms with Crippen LogP contribution in [0.15, 0.2) is 36.7 Å². The molecule has 6 nitrogen and oxygen atoms in total. The van der Waals surface area contributed by atoms with Crippen molar-refractivity contribution in [1.82, 2.24) is 15.0 Å². The Morgan fingerprint density at radius 2 is 1.79 bits per heavy atom. The van der Waals surface area contributed by atoms with Gasteiger partial charge in [0.05, 0.1) is 18.1 Å². The van der Waals surface area contributed by atoms with E-state index in [0.717, 1.165) is 0 Å². The van der Waals surface area contributed by atoms with Crippen molar-refractivity contribution >= 4 is 11.8 Å². The molecule has 0 saturated carbocycles. The maximum Gasteiger partial charge on any atom is 0.303 e. The predicted octanol–water partition coefficient (Wildman–Crippen LogP) is 1.70. The van der Waals surface area contributed by atoms with E-state index in [0.29, 0.717) is 17.7 Å². The molecule has 0 atom stereocenters. The molecule has 1 aromatic heterocycles. The van der Waals surface area contributed by atoms with Crippen molar-refractivity contribution in [3.63, 3.8) is 0 Å². The largest absolute Gasteiger partial charge is 0.481 e. The van der Waals surface area contributed by atoms with Crippen molar-refractivity contribution in [1.29, 1.82) is 0 Å². The first-order valence-corrected chi connectivity index (χ1v) is 5.89. The van der Waals surface area contributed by atoms with Gasteiger partial charge in [0.25, 0.3) is 0 Å². The van der Waals surface area contributed by atoms with Crippen molar-refractivity contribution in [3.8, 4) is 5.69 Å². The molecule has 1 heterocycles. The van der Waals surface area contributed by atoms with Gasteiger partial charge in [-0.2, -0.15) is 15.0 Å². The molecule has 0 unspecified atom stereocenters. The molecule has 0 aliphatic carbocycles. The summed E-state index contributed by atoms with van der Waals surface area (Å²) in [6.07, 6.45) is 3.59. The lowest BCUT2D eigenvalue weighted by Crippen LogP contribution is -2.09. The van der Waals surface area contributed by atoms with Gasteiger partial charge in [0.1, 0.15) is 0 Å². The van der Waals surface area contributed by atoms with Crippen LogP contribution in [0.2, 0.25) is 0 Å². The van der Waals surface area contributed by atoms with Crippen molar-refractivity contribution < 1.29 is 14.7 Å². The molecule has 0 spiro atoms. The molecule has 2 rings (SSSR count). The summed E-state index contributed by atoms with van der Waals surface area (Å²) in [5.41, 5.74) is 1.11. The second-order valence-electron chi connectivity index (χ2n) is 4.01. The Kier molecular flexibility index (Phi) is 4.02. The van der Waals surface area contributed by atoms with E-state index in [9.17, 15) is 9.59 Å². The first-order chi connectivity index (χ1) is 9.18. The minimum absolute atomic E-state index is 0.00603. The second kappa shape index (κ2) is 5.90. The van der Waals surface area contributed by atoms with E-state index in [1.54, 1.807) is 24.3 Å². The minimum Gasteiger partial charge on any atom is -0.481 e. The molecule has 0 radical (unpaired) electrons. The number of hydrogen-bond donors (Lipinski definition) is 1. The molecule has 0 saturated heterocycles. The predicted molar refractivity (Wildman–Crippen MR) is 67.2 cm³/mol. The Hall–Kier alpha value is -2.50. The number of carboxylic acid groups (broad SMARTS) is 1. The number of ketones is 1. The first-order valence-electron chi connectivity index (χ1n) is 5.89. The van der Waals surface area contributed by atoms with Crippen LogP contribution in [0, 0.1) is 0 Å². The fraction of sp³-hybridized carbons (Fsp3) is 0.231. The van der Waals surface area contributed by atoms with Crippen molar-refractivity contribution in [2.75, 3.05) is 0 Å². The highest BCUT2D eigenvalue weighted by atomic mass is 16.4. The monoisotopic (exact) mass is 259 g/mol. The number of aromatic nitrogens is 3. The van der Waals surface area contributed by atoms with Gasteiger partial charge in [-0.3, -0.25) is 9.59 Å². The minimum atomic E-state index is -0.894. The van der Waals surface area contributed by atoms with E-state index >= 15 is 0 Å². The average Bonchev–Trinajstić information content (AvgIpc) is 2.92. The number of carbonyl (C=O) groups is 2. The number of rotatable bonds is 6. The maximum atomic E-state index is 12.1. The number of nitrogens with zero attached hydrogens (tertiary/aromatic N) is 3. The first kappa shape index (κ1) is 12.9. The van der Waals surface area contributed by atoms with E-state index in [1.807, 2.05) is 0 Å². The van der Waals surface area contributed by atoms with Crippen LogP contribution in [0.5, 0.6) is 0 Å². The molecule has 98 valence electrons. The third-order valence-electron chi connectivity index (χ3n) is 2.63. The Morgan fingerprint density at radius 1 is 1.11 bits per heavy atom. The summed E-state index contributed by atoms with van der Waals surface area (Å²) >= 11 is 0. The number of benzene rings is 1. The third-order valence-corrected chi connectivity index (χ3v) is 2.63. The van der Waals surface area contributed by atoms with Crippen LogP contribution in [0.1, 0.15) is 29.6 Å². The molecular formula is C13H13N3O3. The van der Waals surface area contributed by atoms with Crippen LogP contribution < -0.4 is 0 Å². The molecule has 0 aliphatic rings. The topological polar surface area (TPSA) is 85.1 Å². The molecule has 2 aromatic rings. The molecule has 0 aliphatic heterocycles. The lowest BCUT2D eigenvalue weighted by Gasteiger charge is -2.06. The molecule has 1 aromatic carbocycles. The zero-order chi connectivity index (χ0) is 13.7. The summed E-state index contributed by atoms with van der Waals surface area (Å²) in [5.74, 6) is -0.996. The zero-order valence-corrected chi connectivity index (χ0v) is 10.2. The Bertz CT molecular complexity index is 579. The molecule has 0 bridgehead atoms. The average molecular weight is 259 g/mol. The van der Waals surface area contributed by atoms with E-state index in [4.69, 9.17) is 5.11 Å². The van der Waals surface area contributed by atoms with Gasteiger partial charge in [0, 0.05) is 18.4 Å². The molecule has 6 heteroatoms. The van der Waals surface area contributed by atoms with Crippen LogP contribution in [-0.4, -0.2) is 31.9 Å². The summed E-state index contributed by atoms with van der Waals surface area (Å²) in [6, 6.07) is 7.01. The van der Waals surface area contributed by atoms with Crippen LogP contribution in [0.25, 0.3) is 5.69 Å². The summed E-state index contributed by atoms with van der Waals surface area (Å²) < 4.78 is 0. The Labute approximate surface area is 109 Å². The fourth-order valence-electron chi connectivity index (χ4n) is 1.76. The van der Waals surface area contributed by atoms with Gasteiger partial charge < -0.3 is 5.11 Å². The van der Waals surface area contributed by atoms with Gasteiger partial charge in [-0.05, 0) is 18.6 Å².